The number of ether oxygens (including phenoxy) is 1. The molecule has 1 aromatic carbocycles. The van der Waals surface area contributed by atoms with E-state index in [1.165, 1.54) is 24.8 Å². The minimum absolute atomic E-state index is 0. The Hall–Kier alpha value is -1.06. The largest absolute Gasteiger partial charge is 0.466 e. The van der Waals surface area contributed by atoms with Gasteiger partial charge in [-0.3, -0.25) is 9.69 Å². The summed E-state index contributed by atoms with van der Waals surface area (Å²) in [4.78, 5) is 14.2. The lowest BCUT2D eigenvalue weighted by atomic mass is 9.99. The van der Waals surface area contributed by atoms with Crippen LogP contribution in [0.5, 0.6) is 0 Å². The van der Waals surface area contributed by atoms with Crippen molar-refractivity contribution in [2.75, 3.05) is 19.7 Å². The first-order chi connectivity index (χ1) is 9.31. The molecule has 1 heterocycles. The van der Waals surface area contributed by atoms with Crippen molar-refractivity contribution in [1.82, 2.24) is 4.90 Å². The van der Waals surface area contributed by atoms with Gasteiger partial charge in [0.15, 0.2) is 0 Å². The Morgan fingerprint density at radius 3 is 2.45 bits per heavy atom. The van der Waals surface area contributed by atoms with E-state index in [2.05, 4.69) is 17.0 Å². The summed E-state index contributed by atoms with van der Waals surface area (Å²) in [7, 11) is 0. The molecule has 0 saturated carbocycles. The number of likely N-dealkylation sites (tertiary alicyclic amines) is 1. The molecule has 1 aliphatic rings. The smallest absolute Gasteiger partial charge is 0.307 e. The van der Waals surface area contributed by atoms with E-state index in [0.29, 0.717) is 13.0 Å². The van der Waals surface area contributed by atoms with Gasteiger partial charge in [0.05, 0.1) is 13.0 Å². The molecule has 0 aromatic heterocycles. The number of hydrogen-bond acceptors (Lipinski definition) is 3. The van der Waals surface area contributed by atoms with Gasteiger partial charge in [0.25, 0.3) is 0 Å². The van der Waals surface area contributed by atoms with E-state index in [0.717, 1.165) is 13.1 Å². The topological polar surface area (TPSA) is 29.5 Å². The van der Waals surface area contributed by atoms with E-state index in [1.54, 1.807) is 0 Å². The molecule has 1 fully saturated rings. The minimum atomic E-state index is -0.0954. The molecule has 20 heavy (non-hydrogen) atoms. The zero-order valence-corrected chi connectivity index (χ0v) is 12.9. The maximum atomic E-state index is 11.8. The minimum Gasteiger partial charge on any atom is -0.466 e. The summed E-state index contributed by atoms with van der Waals surface area (Å²) in [6.07, 6.45) is 4.22. The predicted octanol–water partition coefficient (Wildman–Crippen LogP) is 3.59. The van der Waals surface area contributed by atoms with Crippen molar-refractivity contribution in [2.24, 2.45) is 0 Å². The van der Waals surface area contributed by atoms with Crippen LogP contribution in [0.15, 0.2) is 30.3 Å². The Morgan fingerprint density at radius 2 is 1.85 bits per heavy atom. The fraction of sp³-hybridized carbons (Fsp3) is 0.562. The van der Waals surface area contributed by atoms with E-state index in [4.69, 9.17) is 4.74 Å². The van der Waals surface area contributed by atoms with Crippen molar-refractivity contribution >= 4 is 18.4 Å². The highest BCUT2D eigenvalue weighted by molar-refractivity contribution is 5.85. The molecule has 1 unspecified atom stereocenters. The summed E-state index contributed by atoms with van der Waals surface area (Å²) < 4.78 is 5.12. The van der Waals surface area contributed by atoms with Gasteiger partial charge in [-0.05, 0) is 38.4 Å². The Morgan fingerprint density at radius 1 is 1.20 bits per heavy atom. The fourth-order valence-electron chi connectivity index (χ4n) is 2.74. The number of rotatable bonds is 5. The van der Waals surface area contributed by atoms with E-state index < -0.39 is 0 Å². The summed E-state index contributed by atoms with van der Waals surface area (Å²) in [6, 6.07) is 10.5. The van der Waals surface area contributed by atoms with Crippen LogP contribution in [-0.2, 0) is 9.53 Å². The highest BCUT2D eigenvalue weighted by Crippen LogP contribution is 2.27. The van der Waals surface area contributed by atoms with Crippen molar-refractivity contribution in [3.63, 3.8) is 0 Å². The van der Waals surface area contributed by atoms with Crippen LogP contribution in [0.3, 0.4) is 0 Å². The lowest BCUT2D eigenvalue weighted by Gasteiger charge is -2.34. The van der Waals surface area contributed by atoms with Crippen LogP contribution in [0.2, 0.25) is 0 Å². The molecule has 1 aliphatic heterocycles. The Balaban J connectivity index is 0.00000200. The number of carbonyl (C=O) groups is 1. The van der Waals surface area contributed by atoms with E-state index in [1.807, 2.05) is 25.1 Å². The molecule has 1 saturated heterocycles. The van der Waals surface area contributed by atoms with Crippen molar-refractivity contribution in [3.05, 3.63) is 35.9 Å². The zero-order chi connectivity index (χ0) is 13.5. The van der Waals surface area contributed by atoms with Gasteiger partial charge in [-0.15, -0.1) is 12.4 Å². The van der Waals surface area contributed by atoms with Crippen molar-refractivity contribution in [1.29, 1.82) is 0 Å². The molecule has 0 radical (unpaired) electrons. The summed E-state index contributed by atoms with van der Waals surface area (Å²) in [6.45, 7) is 4.48. The van der Waals surface area contributed by atoms with Crippen LogP contribution in [0.1, 0.15) is 44.2 Å². The van der Waals surface area contributed by atoms with Gasteiger partial charge in [0.2, 0.25) is 0 Å². The lowest BCUT2D eigenvalue weighted by molar-refractivity contribution is -0.144. The van der Waals surface area contributed by atoms with Crippen LogP contribution in [-0.4, -0.2) is 30.6 Å². The molecule has 0 amide bonds. The molecular formula is C16H24ClNO2. The zero-order valence-electron chi connectivity index (χ0n) is 12.1. The van der Waals surface area contributed by atoms with Crippen LogP contribution in [0, 0.1) is 0 Å². The molecule has 0 aliphatic carbocycles. The van der Waals surface area contributed by atoms with Crippen molar-refractivity contribution in [2.45, 2.75) is 38.6 Å². The first kappa shape index (κ1) is 17.0. The van der Waals surface area contributed by atoms with Gasteiger partial charge >= 0.3 is 5.97 Å². The summed E-state index contributed by atoms with van der Waals surface area (Å²) in [5.41, 5.74) is 1.22. The van der Waals surface area contributed by atoms with E-state index in [9.17, 15) is 4.79 Å². The third kappa shape index (κ3) is 4.80. The number of piperidine rings is 1. The molecule has 3 nitrogen and oxygen atoms in total. The SMILES string of the molecule is CCOC(=O)CC(c1ccccc1)N1CCCCC1.Cl. The molecular weight excluding hydrogens is 274 g/mol. The van der Waals surface area contributed by atoms with Crippen molar-refractivity contribution in [3.8, 4) is 0 Å². The Bertz CT molecular complexity index is 391. The van der Waals surface area contributed by atoms with Gasteiger partial charge in [0.1, 0.15) is 0 Å². The maximum absolute atomic E-state index is 11.8. The normalized spacial score (nSPS) is 17.1. The number of esters is 1. The highest BCUT2D eigenvalue weighted by Gasteiger charge is 2.25. The molecule has 1 atom stereocenters. The van der Waals surface area contributed by atoms with Crippen LogP contribution >= 0.6 is 12.4 Å². The predicted molar refractivity (Wildman–Crippen MR) is 83.1 cm³/mol. The molecule has 0 spiro atoms. The third-order valence-corrected chi connectivity index (χ3v) is 3.68. The summed E-state index contributed by atoms with van der Waals surface area (Å²) in [5.74, 6) is -0.0954. The first-order valence-corrected chi connectivity index (χ1v) is 7.26. The first-order valence-electron chi connectivity index (χ1n) is 7.26. The van der Waals surface area contributed by atoms with Gasteiger partial charge in [0, 0.05) is 6.04 Å². The molecule has 0 bridgehead atoms. The van der Waals surface area contributed by atoms with E-state index in [-0.39, 0.29) is 24.4 Å². The number of nitrogens with zero attached hydrogens (tertiary/aromatic N) is 1. The molecule has 1 aromatic rings. The summed E-state index contributed by atoms with van der Waals surface area (Å²) in [5, 5.41) is 0. The van der Waals surface area contributed by atoms with Crippen LogP contribution in [0.4, 0.5) is 0 Å². The average Bonchev–Trinajstić information content (AvgIpc) is 2.47. The van der Waals surface area contributed by atoms with Gasteiger partial charge < -0.3 is 4.74 Å². The monoisotopic (exact) mass is 297 g/mol. The van der Waals surface area contributed by atoms with Crippen LogP contribution in [0.25, 0.3) is 0 Å². The second-order valence-electron chi connectivity index (χ2n) is 5.03. The second-order valence-corrected chi connectivity index (χ2v) is 5.03. The highest BCUT2D eigenvalue weighted by atomic mass is 35.5. The molecule has 0 N–H and O–H groups in total. The Kier molecular flexibility index (Phi) is 7.63. The van der Waals surface area contributed by atoms with Crippen molar-refractivity contribution < 1.29 is 9.53 Å². The Labute approximate surface area is 127 Å². The molecule has 4 heteroatoms. The number of benzene rings is 1. The molecule has 2 rings (SSSR count). The quantitative estimate of drug-likeness (QED) is 0.778. The van der Waals surface area contributed by atoms with Crippen LogP contribution < -0.4 is 0 Å². The van der Waals surface area contributed by atoms with Gasteiger partial charge in [-0.1, -0.05) is 36.8 Å². The number of halogens is 1. The average molecular weight is 298 g/mol. The second kappa shape index (κ2) is 8.98. The summed E-state index contributed by atoms with van der Waals surface area (Å²) >= 11 is 0. The fourth-order valence-corrected chi connectivity index (χ4v) is 2.74. The van der Waals surface area contributed by atoms with Gasteiger partial charge in [-0.2, -0.15) is 0 Å². The maximum Gasteiger partial charge on any atom is 0.307 e. The number of carbonyl (C=O) groups excluding carboxylic acids is 1. The third-order valence-electron chi connectivity index (χ3n) is 3.68. The van der Waals surface area contributed by atoms with E-state index >= 15 is 0 Å². The number of hydrogen-bond donors (Lipinski definition) is 0. The lowest BCUT2D eigenvalue weighted by Crippen LogP contribution is -2.35. The van der Waals surface area contributed by atoms with Gasteiger partial charge in [-0.25, -0.2) is 0 Å². The standard InChI is InChI=1S/C16H23NO2.ClH/c1-2-19-16(18)13-15(14-9-5-3-6-10-14)17-11-7-4-8-12-17;/h3,5-6,9-10,15H,2,4,7-8,11-13H2,1H3;1H. The molecule has 112 valence electrons.